The molecule has 106 valence electrons. The number of carbonyl (C=O) groups is 1. The van der Waals surface area contributed by atoms with Gasteiger partial charge >= 0.3 is 0 Å². The molecule has 1 amide bonds. The van der Waals surface area contributed by atoms with Crippen molar-refractivity contribution in [3.05, 3.63) is 0 Å². The summed E-state index contributed by atoms with van der Waals surface area (Å²) in [4.78, 5) is 11.7. The van der Waals surface area contributed by atoms with Crippen molar-refractivity contribution in [3.8, 4) is 0 Å². The second-order valence-corrected chi connectivity index (χ2v) is 5.39. The fourth-order valence-corrected chi connectivity index (χ4v) is 2.10. The zero-order chi connectivity index (χ0) is 14.6. The van der Waals surface area contributed by atoms with E-state index in [0.29, 0.717) is 0 Å². The van der Waals surface area contributed by atoms with Gasteiger partial charge in [0.1, 0.15) is 16.8 Å². The molecule has 5 N–H and O–H groups in total. The first-order chi connectivity index (χ1) is 7.83. The number of rotatable bonds is 1. The van der Waals surface area contributed by atoms with Crippen LogP contribution < -0.4 is 5.32 Å². The Morgan fingerprint density at radius 1 is 1.06 bits per heavy atom. The average molecular weight is 263 g/mol. The van der Waals surface area contributed by atoms with Crippen LogP contribution in [0, 0.1) is 0 Å². The lowest BCUT2D eigenvalue weighted by molar-refractivity contribution is -0.414. The molecule has 1 heterocycles. The molecular weight excluding hydrogens is 242 g/mol. The van der Waals surface area contributed by atoms with Gasteiger partial charge in [0.25, 0.3) is 5.91 Å². The molecule has 7 heteroatoms. The highest BCUT2D eigenvalue weighted by molar-refractivity contribution is 5.82. The Labute approximate surface area is 105 Å². The van der Waals surface area contributed by atoms with Crippen molar-refractivity contribution < 1.29 is 30.0 Å². The van der Waals surface area contributed by atoms with Crippen LogP contribution in [0.2, 0.25) is 0 Å². The molecule has 5 atom stereocenters. The van der Waals surface area contributed by atoms with Crippen molar-refractivity contribution in [2.24, 2.45) is 0 Å². The van der Waals surface area contributed by atoms with Gasteiger partial charge in [-0.15, -0.1) is 0 Å². The summed E-state index contributed by atoms with van der Waals surface area (Å²) in [6.45, 7) is 4.55. The monoisotopic (exact) mass is 263 g/mol. The summed E-state index contributed by atoms with van der Waals surface area (Å²) in [5.41, 5.74) is -6.42. The molecule has 0 bridgehead atoms. The number of nitrogens with one attached hydrogen (secondary N) is 1. The maximum atomic E-state index is 11.7. The van der Waals surface area contributed by atoms with Crippen LogP contribution in [0.3, 0.4) is 0 Å². The lowest BCUT2D eigenvalue weighted by Gasteiger charge is -2.59. The highest BCUT2D eigenvalue weighted by Crippen LogP contribution is 2.47. The third-order valence-corrected chi connectivity index (χ3v) is 4.18. The van der Waals surface area contributed by atoms with E-state index in [0.717, 1.165) is 27.7 Å². The Kier molecular flexibility index (Phi) is 3.30. The molecule has 1 rings (SSSR count). The van der Waals surface area contributed by atoms with Gasteiger partial charge in [-0.25, -0.2) is 0 Å². The van der Waals surface area contributed by atoms with Gasteiger partial charge in [-0.1, -0.05) is 0 Å². The predicted molar refractivity (Wildman–Crippen MR) is 61.4 cm³/mol. The van der Waals surface area contributed by atoms with Crippen LogP contribution in [0.5, 0.6) is 0 Å². The number of amides is 1. The third kappa shape index (κ3) is 1.66. The normalized spacial score (nSPS) is 53.1. The maximum Gasteiger partial charge on any atom is 0.252 e. The fraction of sp³-hybridized carbons (Fsp3) is 0.909. The smallest absolute Gasteiger partial charge is 0.252 e. The van der Waals surface area contributed by atoms with E-state index in [1.54, 1.807) is 0 Å². The first kappa shape index (κ1) is 15.3. The van der Waals surface area contributed by atoms with Crippen LogP contribution in [0.4, 0.5) is 0 Å². The Bertz CT molecular complexity index is 361. The van der Waals surface area contributed by atoms with Crippen LogP contribution in [-0.4, -0.2) is 62.1 Å². The number of hydrogen-bond donors (Lipinski definition) is 5. The van der Waals surface area contributed by atoms with E-state index in [1.807, 2.05) is 0 Å². The molecule has 0 aliphatic carbocycles. The van der Waals surface area contributed by atoms with Gasteiger partial charge in [-0.3, -0.25) is 4.79 Å². The highest BCUT2D eigenvalue weighted by Gasteiger charge is 2.71. The summed E-state index contributed by atoms with van der Waals surface area (Å²) in [5.74, 6) is -2.91. The van der Waals surface area contributed by atoms with Crippen molar-refractivity contribution in [1.82, 2.24) is 5.32 Å². The Balaban J connectivity index is 3.37. The molecule has 7 nitrogen and oxygen atoms in total. The second-order valence-electron chi connectivity index (χ2n) is 5.39. The molecule has 0 aromatic heterocycles. The Morgan fingerprint density at radius 3 is 1.89 bits per heavy atom. The van der Waals surface area contributed by atoms with Crippen LogP contribution in [-0.2, 0) is 9.53 Å². The third-order valence-electron chi connectivity index (χ3n) is 4.18. The summed E-state index contributed by atoms with van der Waals surface area (Å²) in [5, 5.41) is 43.2. The number of ether oxygens (including phenoxy) is 1. The van der Waals surface area contributed by atoms with Gasteiger partial charge in [0, 0.05) is 7.05 Å². The number of likely N-dealkylation sites (N-methyl/N-ethyl adjacent to an activating group) is 1. The molecule has 18 heavy (non-hydrogen) atoms. The van der Waals surface area contributed by atoms with Crippen molar-refractivity contribution in [3.63, 3.8) is 0 Å². The van der Waals surface area contributed by atoms with Crippen LogP contribution in [0.15, 0.2) is 0 Å². The maximum absolute atomic E-state index is 11.7. The SMILES string of the molecule is CNC(=O)C1O[C@@](C)(O)[C@@](C)(O)C(C)(O)[C@]1(C)O. The second kappa shape index (κ2) is 3.88. The summed E-state index contributed by atoms with van der Waals surface area (Å²) in [7, 11) is 1.33. The molecule has 0 saturated carbocycles. The van der Waals surface area contributed by atoms with Crippen LogP contribution in [0.1, 0.15) is 27.7 Å². The molecule has 1 fully saturated rings. The summed E-state index contributed by atoms with van der Waals surface area (Å²) in [6, 6.07) is 0. The zero-order valence-electron chi connectivity index (χ0n) is 11.2. The minimum absolute atomic E-state index is 0.712. The van der Waals surface area contributed by atoms with Crippen molar-refractivity contribution in [1.29, 1.82) is 0 Å². The topological polar surface area (TPSA) is 119 Å². The van der Waals surface area contributed by atoms with Crippen molar-refractivity contribution in [2.45, 2.75) is 56.4 Å². The van der Waals surface area contributed by atoms with Gasteiger partial charge in [-0.2, -0.15) is 0 Å². The van der Waals surface area contributed by atoms with E-state index >= 15 is 0 Å². The van der Waals surface area contributed by atoms with Crippen LogP contribution >= 0.6 is 0 Å². The number of aliphatic hydroxyl groups is 4. The Morgan fingerprint density at radius 2 is 1.50 bits per heavy atom. The van der Waals surface area contributed by atoms with Crippen LogP contribution in [0.25, 0.3) is 0 Å². The van der Waals surface area contributed by atoms with Crippen molar-refractivity contribution in [2.75, 3.05) is 7.05 Å². The lowest BCUT2D eigenvalue weighted by Crippen LogP contribution is -2.81. The molecular formula is C11H21NO6. The first-order valence-corrected chi connectivity index (χ1v) is 5.62. The quantitative estimate of drug-likeness (QED) is 0.377. The van der Waals surface area contributed by atoms with E-state index < -0.39 is 34.6 Å². The molecule has 0 radical (unpaired) electrons. The van der Waals surface area contributed by atoms with Gasteiger partial charge in [0.15, 0.2) is 11.9 Å². The van der Waals surface area contributed by atoms with E-state index in [1.165, 1.54) is 7.05 Å². The number of hydrogen-bond acceptors (Lipinski definition) is 6. The van der Waals surface area contributed by atoms with E-state index in [-0.39, 0.29) is 0 Å². The fourth-order valence-electron chi connectivity index (χ4n) is 2.10. The summed E-state index contributed by atoms with van der Waals surface area (Å²) in [6.07, 6.45) is -1.52. The highest BCUT2D eigenvalue weighted by atomic mass is 16.7. The Hall–Kier alpha value is -0.730. The predicted octanol–water partition coefficient (Wildman–Crippen LogP) is -1.91. The average Bonchev–Trinajstić information content (AvgIpc) is 2.22. The van der Waals surface area contributed by atoms with E-state index in [9.17, 15) is 25.2 Å². The largest absolute Gasteiger partial charge is 0.384 e. The molecule has 0 aromatic rings. The van der Waals surface area contributed by atoms with Crippen molar-refractivity contribution >= 4 is 5.91 Å². The molecule has 0 aromatic carbocycles. The van der Waals surface area contributed by atoms with Gasteiger partial charge in [0.05, 0.1) is 0 Å². The van der Waals surface area contributed by atoms with Gasteiger partial charge in [-0.05, 0) is 27.7 Å². The lowest BCUT2D eigenvalue weighted by atomic mass is 9.65. The molecule has 2 unspecified atom stereocenters. The molecule has 1 aliphatic rings. The van der Waals surface area contributed by atoms with E-state index in [2.05, 4.69) is 5.32 Å². The summed E-state index contributed by atoms with van der Waals surface area (Å²) >= 11 is 0. The summed E-state index contributed by atoms with van der Waals surface area (Å²) < 4.78 is 5.08. The number of carbonyl (C=O) groups excluding carboxylic acids is 1. The van der Waals surface area contributed by atoms with E-state index in [4.69, 9.17) is 4.74 Å². The molecule has 1 saturated heterocycles. The first-order valence-electron chi connectivity index (χ1n) is 5.62. The van der Waals surface area contributed by atoms with Gasteiger partial charge < -0.3 is 30.5 Å². The molecule has 1 aliphatic heterocycles. The molecule has 0 spiro atoms. The van der Waals surface area contributed by atoms with Gasteiger partial charge in [0.2, 0.25) is 0 Å². The minimum atomic E-state index is -2.20. The standard InChI is InChI=1S/C11H21NO6/c1-8(14)6(7(13)12-5)18-11(4,17)10(3,16)9(8,2)15/h6,14-17H,1-5H3,(H,12,13)/t6?,8-,9?,10+,11-/m1/s1. The zero-order valence-corrected chi connectivity index (χ0v) is 11.2. The minimum Gasteiger partial charge on any atom is -0.384 e.